The number of hydrogen-bond donors (Lipinski definition) is 5. The topological polar surface area (TPSA) is 290 Å². The van der Waals surface area contributed by atoms with Crippen LogP contribution in [0.5, 0.6) is 28.7 Å². The van der Waals surface area contributed by atoms with Gasteiger partial charge in [-0.1, -0.05) is 112 Å². The zero-order chi connectivity index (χ0) is 97.8. The fourth-order valence-corrected chi connectivity index (χ4v) is 16.8. The Kier molecular flexibility index (Phi) is 35.0. The normalized spacial score (nSPS) is 17.6. The van der Waals surface area contributed by atoms with Gasteiger partial charge in [-0.15, -0.1) is 23.5 Å². The Labute approximate surface area is 796 Å². The van der Waals surface area contributed by atoms with Gasteiger partial charge < -0.3 is 59.1 Å². The van der Waals surface area contributed by atoms with Crippen LogP contribution in [0.3, 0.4) is 0 Å². The zero-order valence-electron chi connectivity index (χ0n) is 64.8. The Morgan fingerprint density at radius 3 is 1.34 bits per heavy atom. The molecule has 50 heteroatoms. The number of rotatable bonds is 11. The Morgan fingerprint density at radius 2 is 0.864 bits per heavy atom. The number of alkyl halides is 21. The summed E-state index contributed by atoms with van der Waals surface area (Å²) in [7, 11) is 0. The van der Waals surface area contributed by atoms with Crippen LogP contribution >= 0.6 is 116 Å². The molecule has 0 fully saturated rings. The predicted molar refractivity (Wildman–Crippen MR) is 435 cm³/mol. The molecule has 6 aliphatic rings. The summed E-state index contributed by atoms with van der Waals surface area (Å²) >= 11 is 40.8. The number of carbonyl (C=O) groups is 7. The third kappa shape index (κ3) is 27.1. The summed E-state index contributed by atoms with van der Waals surface area (Å²) < 4.78 is 294. The Bertz CT molecular complexity index is 5920. The quantitative estimate of drug-likeness (QED) is 0.0264. The van der Waals surface area contributed by atoms with E-state index in [1.807, 2.05) is 0 Å². The molecular weight excluding hydrogens is 2040 g/mol. The van der Waals surface area contributed by atoms with Crippen LogP contribution in [0.15, 0.2) is 194 Å². The van der Waals surface area contributed by atoms with Crippen LogP contribution in [-0.4, -0.2) is 151 Å². The maximum atomic E-state index is 13.4. The van der Waals surface area contributed by atoms with Crippen LogP contribution in [0.25, 0.3) is 36.0 Å². The molecule has 696 valence electrons. The summed E-state index contributed by atoms with van der Waals surface area (Å²) in [5.74, 6) is -11.0. The van der Waals surface area contributed by atoms with Gasteiger partial charge in [-0.3, -0.25) is 4.79 Å². The summed E-state index contributed by atoms with van der Waals surface area (Å²) in [4.78, 5) is 79.6. The van der Waals surface area contributed by atoms with Crippen molar-refractivity contribution in [2.24, 2.45) is 0 Å². The van der Waals surface area contributed by atoms with Crippen LogP contribution in [0.2, 0.25) is 35.2 Å². The van der Waals surface area contributed by atoms with Gasteiger partial charge >= 0.3 is 102 Å². The molecule has 0 radical (unpaired) electrons. The largest absolute Gasteiger partial charge is 1.00 e. The number of aliphatic carboxylic acids is 5. The Balaban J connectivity index is 0.000000196. The number of esters is 1. The number of halogens is 28. The van der Waals surface area contributed by atoms with Crippen LogP contribution in [-0.2, 0) is 33.5 Å². The fourth-order valence-electron chi connectivity index (χ4n) is 12.1. The number of thioether (sulfide) groups is 3. The average Bonchev–Trinajstić information content (AvgIpc) is 0.744. The minimum atomic E-state index is -4.90. The standard InChI is InChI=1S/C18H11F3O5.C17H10ClF3O3.C13H9Cl2F3O3.C12H6F6O2S2.C11H5Cl2F3O3.C11H5Cl2F3O2S.Na/c19-18(20,21)16-13(17(24)25)8-11-7-10(3-6-14(11)26-16)15(23)9-1-4-12(22)5-2-9;18-10-6-7-12-11(8-10)13(9-4-2-1-3-5-9)14(16(22)23)15(24-12)17(19,20)21;1-2-20-12(19)8-4-6-3-7(14)5-9(15)10(6)21-11(8)13(16,17)18;13-11(14,15)9-7(10(19)20)4-5-3-6(22-12(16,17)18)1-2-8(5)21-9;2*12-5-1-4-2-6(10(17)18)9(11(14,15)16)19-8(4)7(13)3-5;/h1-8,16,22H,(H,24,25);1-8,15H,(H,22,23);3-5,11H,2H2,1H3;1-4,9H,(H,19,20);2*1-3,9H,(H,17,18);/q;;;;;;+1/p-1/t;;11-;;9-;;/m..0.0../s1. The molecular formula is C82H45Cl7F21NaO18S3. The molecule has 8 aromatic rings. The number of benzene rings is 8. The van der Waals surface area contributed by atoms with Gasteiger partial charge in [-0.05, 0) is 181 Å². The van der Waals surface area contributed by atoms with Gasteiger partial charge in [0.2, 0.25) is 24.4 Å². The molecule has 132 heavy (non-hydrogen) atoms. The van der Waals surface area contributed by atoms with Gasteiger partial charge in [0, 0.05) is 79.3 Å². The van der Waals surface area contributed by atoms with Gasteiger partial charge in [-0.25, -0.2) is 24.0 Å². The Morgan fingerprint density at radius 1 is 0.424 bits per heavy atom. The molecule has 0 bridgehead atoms. The van der Waals surface area contributed by atoms with Crippen molar-refractivity contribution in [1.82, 2.24) is 0 Å². The van der Waals surface area contributed by atoms with Crippen molar-refractivity contribution in [3.05, 3.63) is 264 Å². The van der Waals surface area contributed by atoms with Crippen molar-refractivity contribution in [2.45, 2.75) is 99.1 Å². The first-order valence-electron chi connectivity index (χ1n) is 35.3. The molecule has 6 atom stereocenters. The number of ketones is 1. The smallest absolute Gasteiger partial charge is 0.545 e. The first-order chi connectivity index (χ1) is 60.6. The second-order valence-electron chi connectivity index (χ2n) is 26.6. The first-order valence-corrected chi connectivity index (χ1v) is 40.5. The van der Waals surface area contributed by atoms with E-state index < -0.39 is 164 Å². The van der Waals surface area contributed by atoms with Gasteiger partial charge in [0.15, 0.2) is 5.78 Å². The molecule has 8 aromatic carbocycles. The van der Waals surface area contributed by atoms with Crippen LogP contribution in [0, 0.1) is 0 Å². The number of carbonyl (C=O) groups excluding carboxylic acids is 3. The second kappa shape index (κ2) is 42.9. The molecule has 6 heterocycles. The minimum Gasteiger partial charge on any atom is -0.545 e. The van der Waals surface area contributed by atoms with Crippen molar-refractivity contribution in [3.8, 4) is 28.7 Å². The molecule has 0 aliphatic carbocycles. The summed E-state index contributed by atoms with van der Waals surface area (Å²) in [5.41, 5.74) is -8.14. The van der Waals surface area contributed by atoms with Crippen LogP contribution in [0.4, 0.5) is 92.2 Å². The van der Waals surface area contributed by atoms with Crippen LogP contribution in [0.1, 0.15) is 61.8 Å². The molecule has 5 N–H and O–H groups in total. The van der Waals surface area contributed by atoms with Crippen molar-refractivity contribution in [1.29, 1.82) is 0 Å². The van der Waals surface area contributed by atoms with Crippen molar-refractivity contribution >= 4 is 194 Å². The minimum absolute atomic E-state index is 0. The van der Waals surface area contributed by atoms with Gasteiger partial charge in [-0.2, -0.15) is 92.2 Å². The molecule has 0 saturated heterocycles. The second-order valence-corrected chi connectivity index (χ2v) is 32.9. The van der Waals surface area contributed by atoms with E-state index in [9.17, 15) is 141 Å². The Hall–Kier alpha value is -9.70. The SMILES string of the molecule is CCOC(=O)C1=Cc2cc(Cl)cc(Cl)c2O[C@@H]1C(F)(F)F.O=C(O)C1=C(c2ccccc2)c2cc(Cl)ccc2OC1C(F)(F)F.O=C(O)C1=Cc2cc(C(=O)c3ccc(O)cc3)ccc2OC1C(F)(F)F.O=C(O)C1=Cc2cc(Cl)cc(Cl)c2SC1C(F)(F)F.O=C(O)C1=Cc2cc(SC(F)(F)F)ccc2SC1C(F)(F)F.O=C([O-])C1=Cc2cc(Cl)cc(Cl)c2O[C@@H]1C(F)(F)F.[Na+]. The monoisotopic (exact) mass is 2080 g/mol. The fraction of sp³-hybridized carbons (Fsp3) is 0.183. The van der Waals surface area contributed by atoms with Gasteiger partial charge in [0.05, 0.1) is 55.5 Å². The van der Waals surface area contributed by atoms with Gasteiger partial charge in [0.1, 0.15) is 39.2 Å². The van der Waals surface area contributed by atoms with E-state index >= 15 is 0 Å². The van der Waals surface area contributed by atoms with Crippen molar-refractivity contribution < 1.29 is 210 Å². The molecule has 18 nitrogen and oxygen atoms in total. The van der Waals surface area contributed by atoms with E-state index in [2.05, 4.69) is 9.47 Å². The first kappa shape index (κ1) is 108. The maximum absolute atomic E-state index is 13.4. The number of carboxylic acids is 5. The van der Waals surface area contributed by atoms with E-state index in [1.165, 1.54) is 104 Å². The zero-order valence-corrected chi connectivity index (χ0v) is 74.5. The van der Waals surface area contributed by atoms with Crippen LogP contribution < -0.4 is 53.6 Å². The molecule has 4 unspecified atom stereocenters. The number of fused-ring (bicyclic) bond motifs is 6. The van der Waals surface area contributed by atoms with E-state index in [0.717, 1.165) is 48.6 Å². The summed E-state index contributed by atoms with van der Waals surface area (Å²) in [6.45, 7) is 1.44. The molecule has 14 rings (SSSR count). The third-order valence-corrected chi connectivity index (χ3v) is 22.9. The van der Waals surface area contributed by atoms with Gasteiger partial charge in [0.25, 0.3) is 0 Å². The van der Waals surface area contributed by atoms with Crippen molar-refractivity contribution in [3.63, 3.8) is 0 Å². The number of hydrogen-bond acceptors (Lipinski definition) is 17. The third-order valence-electron chi connectivity index (χ3n) is 17.4. The molecule has 0 saturated carbocycles. The number of phenols is 1. The summed E-state index contributed by atoms with van der Waals surface area (Å²) in [6, 6.07) is 32.3. The van der Waals surface area contributed by atoms with E-state index in [4.69, 9.17) is 111 Å². The predicted octanol–water partition coefficient (Wildman–Crippen LogP) is 21.0. The number of ether oxygens (including phenoxy) is 5. The average molecular weight is 2080 g/mol. The summed E-state index contributed by atoms with van der Waals surface area (Å²) in [6.07, 6.45) is -34.6. The van der Waals surface area contributed by atoms with E-state index in [1.54, 1.807) is 30.3 Å². The molecule has 0 aromatic heterocycles. The number of aromatic hydroxyl groups is 1. The molecule has 6 aliphatic heterocycles. The summed E-state index contributed by atoms with van der Waals surface area (Å²) in [5, 5.41) is 52.6. The molecule has 0 spiro atoms. The van der Waals surface area contributed by atoms with Crippen molar-refractivity contribution in [2.75, 3.05) is 6.61 Å². The number of carboxylic acid groups (broad SMARTS) is 5. The number of phenolic OH excluding ortho intramolecular Hbond substituents is 1. The maximum Gasteiger partial charge on any atom is 1.00 e. The van der Waals surface area contributed by atoms with E-state index in [-0.39, 0.29) is 177 Å². The van der Waals surface area contributed by atoms with E-state index in [0.29, 0.717) is 17.3 Å². The molecule has 0 amide bonds.